The van der Waals surface area contributed by atoms with E-state index in [0.717, 1.165) is 12.0 Å². The van der Waals surface area contributed by atoms with Gasteiger partial charge in [-0.1, -0.05) is 25.1 Å². The van der Waals surface area contributed by atoms with E-state index in [2.05, 4.69) is 5.32 Å². The highest BCUT2D eigenvalue weighted by molar-refractivity contribution is 6.07. The van der Waals surface area contributed by atoms with Crippen LogP contribution in [0.5, 0.6) is 0 Å². The number of nitrogen functional groups attached to an aromatic ring is 1. The van der Waals surface area contributed by atoms with Crippen molar-refractivity contribution in [1.82, 2.24) is 0 Å². The molecule has 0 aliphatic rings. The Labute approximate surface area is 111 Å². The molecule has 0 unspecified atom stereocenters. The molecule has 0 radical (unpaired) electrons. The number of nitrogens with two attached hydrogens (primary N) is 1. The van der Waals surface area contributed by atoms with Gasteiger partial charge in [-0.2, -0.15) is 0 Å². The van der Waals surface area contributed by atoms with Gasteiger partial charge in [-0.15, -0.1) is 0 Å². The van der Waals surface area contributed by atoms with Crippen LogP contribution in [0.3, 0.4) is 0 Å². The molecule has 0 spiro atoms. The molecule has 4 heteroatoms. The summed E-state index contributed by atoms with van der Waals surface area (Å²) in [5, 5.41) is 2.72. The molecule has 0 heterocycles. The van der Waals surface area contributed by atoms with E-state index in [0.29, 0.717) is 5.69 Å². The lowest BCUT2D eigenvalue weighted by atomic mass is 10.1. The lowest BCUT2D eigenvalue weighted by Crippen LogP contribution is -2.14. The van der Waals surface area contributed by atoms with Crippen LogP contribution >= 0.6 is 0 Å². The molecule has 98 valence electrons. The van der Waals surface area contributed by atoms with Crippen molar-refractivity contribution in [2.45, 2.75) is 13.3 Å². The lowest BCUT2D eigenvalue weighted by Gasteiger charge is -2.09. The zero-order valence-electron chi connectivity index (χ0n) is 10.6. The first-order valence-corrected chi connectivity index (χ1v) is 6.06. The molecule has 3 nitrogen and oxygen atoms in total. The van der Waals surface area contributed by atoms with Gasteiger partial charge in [0.1, 0.15) is 5.82 Å². The summed E-state index contributed by atoms with van der Waals surface area (Å²) in [5.41, 5.74) is 7.36. The van der Waals surface area contributed by atoms with Gasteiger partial charge in [0.25, 0.3) is 5.91 Å². The summed E-state index contributed by atoms with van der Waals surface area (Å²) in [4.78, 5) is 12.0. The number of carbonyl (C=O) groups excluding carboxylic acids is 1. The van der Waals surface area contributed by atoms with Gasteiger partial charge >= 0.3 is 0 Å². The predicted octanol–water partition coefficient (Wildman–Crippen LogP) is 3.22. The van der Waals surface area contributed by atoms with Crippen LogP contribution in [0.4, 0.5) is 15.8 Å². The smallest absolute Gasteiger partial charge is 0.257 e. The fourth-order valence-electron chi connectivity index (χ4n) is 1.80. The van der Waals surface area contributed by atoms with E-state index in [-0.39, 0.29) is 11.3 Å². The van der Waals surface area contributed by atoms with E-state index in [1.165, 1.54) is 18.2 Å². The minimum absolute atomic E-state index is 0.133. The molecular formula is C15H15FN2O. The molecule has 2 aromatic rings. The van der Waals surface area contributed by atoms with Gasteiger partial charge in [0.05, 0.1) is 11.3 Å². The SMILES string of the molecule is CCc1cccc(NC(=O)c2cccc(F)c2N)c1. The van der Waals surface area contributed by atoms with Crippen LogP contribution < -0.4 is 11.1 Å². The van der Waals surface area contributed by atoms with Crippen molar-refractivity contribution in [1.29, 1.82) is 0 Å². The highest BCUT2D eigenvalue weighted by Crippen LogP contribution is 2.18. The number of nitrogens with one attached hydrogen (secondary N) is 1. The third kappa shape index (κ3) is 2.91. The Morgan fingerprint density at radius 3 is 2.74 bits per heavy atom. The van der Waals surface area contributed by atoms with Crippen molar-refractivity contribution in [2.24, 2.45) is 0 Å². The molecule has 0 bridgehead atoms. The van der Waals surface area contributed by atoms with Gasteiger partial charge in [-0.3, -0.25) is 4.79 Å². The number of amides is 1. The fraction of sp³-hybridized carbons (Fsp3) is 0.133. The van der Waals surface area contributed by atoms with Crippen molar-refractivity contribution in [3.63, 3.8) is 0 Å². The quantitative estimate of drug-likeness (QED) is 0.830. The molecule has 0 saturated carbocycles. The van der Waals surface area contributed by atoms with Crippen LogP contribution in [0.25, 0.3) is 0 Å². The van der Waals surface area contributed by atoms with Gasteiger partial charge < -0.3 is 11.1 Å². The Hall–Kier alpha value is -2.36. The number of benzene rings is 2. The van der Waals surface area contributed by atoms with Crippen molar-refractivity contribution in [3.05, 3.63) is 59.4 Å². The Morgan fingerprint density at radius 2 is 2.00 bits per heavy atom. The van der Waals surface area contributed by atoms with E-state index in [9.17, 15) is 9.18 Å². The zero-order valence-corrected chi connectivity index (χ0v) is 10.6. The van der Waals surface area contributed by atoms with E-state index < -0.39 is 11.7 Å². The second kappa shape index (κ2) is 5.52. The first-order valence-electron chi connectivity index (χ1n) is 6.06. The van der Waals surface area contributed by atoms with Gasteiger partial charge in [-0.05, 0) is 36.2 Å². The van der Waals surface area contributed by atoms with Gasteiger partial charge in [0, 0.05) is 5.69 Å². The van der Waals surface area contributed by atoms with Crippen LogP contribution in [-0.2, 0) is 6.42 Å². The molecule has 0 aliphatic heterocycles. The number of hydrogen-bond donors (Lipinski definition) is 2. The van der Waals surface area contributed by atoms with E-state index in [1.54, 1.807) is 6.07 Å². The number of carbonyl (C=O) groups is 1. The third-order valence-corrected chi connectivity index (χ3v) is 2.89. The molecule has 0 aliphatic carbocycles. The van der Waals surface area contributed by atoms with Crippen LogP contribution in [0.2, 0.25) is 0 Å². The predicted molar refractivity (Wildman–Crippen MR) is 74.6 cm³/mol. The van der Waals surface area contributed by atoms with Crippen molar-refractivity contribution in [2.75, 3.05) is 11.1 Å². The van der Waals surface area contributed by atoms with E-state index >= 15 is 0 Å². The lowest BCUT2D eigenvalue weighted by molar-refractivity contribution is 0.102. The van der Waals surface area contributed by atoms with Crippen LogP contribution in [-0.4, -0.2) is 5.91 Å². The Bertz CT molecular complexity index is 611. The summed E-state index contributed by atoms with van der Waals surface area (Å²) < 4.78 is 13.3. The molecular weight excluding hydrogens is 243 g/mol. The molecule has 1 amide bonds. The molecule has 2 aromatic carbocycles. The fourth-order valence-corrected chi connectivity index (χ4v) is 1.80. The largest absolute Gasteiger partial charge is 0.396 e. The molecule has 2 rings (SSSR count). The Morgan fingerprint density at radius 1 is 1.26 bits per heavy atom. The molecule has 0 atom stereocenters. The maximum absolute atomic E-state index is 13.3. The molecule has 3 N–H and O–H groups in total. The van der Waals surface area contributed by atoms with Gasteiger partial charge in [-0.25, -0.2) is 4.39 Å². The monoisotopic (exact) mass is 258 g/mol. The first-order chi connectivity index (χ1) is 9.11. The van der Waals surface area contributed by atoms with E-state index in [1.807, 2.05) is 25.1 Å². The zero-order chi connectivity index (χ0) is 13.8. The third-order valence-electron chi connectivity index (χ3n) is 2.89. The number of para-hydroxylation sites is 1. The number of hydrogen-bond acceptors (Lipinski definition) is 2. The molecule has 19 heavy (non-hydrogen) atoms. The summed E-state index contributed by atoms with van der Waals surface area (Å²) in [6.45, 7) is 2.03. The average Bonchev–Trinajstić information content (AvgIpc) is 2.42. The number of anilines is 2. The second-order valence-corrected chi connectivity index (χ2v) is 4.21. The minimum atomic E-state index is -0.588. The first kappa shape index (κ1) is 13.1. The number of rotatable bonds is 3. The van der Waals surface area contributed by atoms with Crippen LogP contribution in [0.1, 0.15) is 22.8 Å². The van der Waals surface area contributed by atoms with Crippen molar-refractivity contribution >= 4 is 17.3 Å². The highest BCUT2D eigenvalue weighted by atomic mass is 19.1. The topological polar surface area (TPSA) is 55.1 Å². The normalized spacial score (nSPS) is 10.2. The Balaban J connectivity index is 2.23. The average molecular weight is 258 g/mol. The van der Waals surface area contributed by atoms with Crippen LogP contribution in [0, 0.1) is 5.82 Å². The van der Waals surface area contributed by atoms with Crippen molar-refractivity contribution in [3.8, 4) is 0 Å². The molecule has 0 aromatic heterocycles. The molecule has 0 saturated heterocycles. The highest BCUT2D eigenvalue weighted by Gasteiger charge is 2.12. The summed E-state index contributed by atoms with van der Waals surface area (Å²) in [6, 6.07) is 11.7. The van der Waals surface area contributed by atoms with Crippen molar-refractivity contribution < 1.29 is 9.18 Å². The minimum Gasteiger partial charge on any atom is -0.396 e. The summed E-state index contributed by atoms with van der Waals surface area (Å²) >= 11 is 0. The second-order valence-electron chi connectivity index (χ2n) is 4.21. The van der Waals surface area contributed by atoms with Crippen LogP contribution in [0.15, 0.2) is 42.5 Å². The maximum atomic E-state index is 13.3. The summed E-state index contributed by atoms with van der Waals surface area (Å²) in [7, 11) is 0. The Kier molecular flexibility index (Phi) is 3.80. The maximum Gasteiger partial charge on any atom is 0.257 e. The summed E-state index contributed by atoms with van der Waals surface area (Å²) in [5.74, 6) is -1.000. The molecule has 0 fully saturated rings. The van der Waals surface area contributed by atoms with E-state index in [4.69, 9.17) is 5.73 Å². The number of halogens is 1. The number of aryl methyl sites for hydroxylation is 1. The standard InChI is InChI=1S/C15H15FN2O/c1-2-10-5-3-6-11(9-10)18-15(19)12-7-4-8-13(16)14(12)17/h3-9H,2,17H2,1H3,(H,18,19). The van der Waals surface area contributed by atoms with Gasteiger partial charge in [0.2, 0.25) is 0 Å². The van der Waals surface area contributed by atoms with Gasteiger partial charge in [0.15, 0.2) is 0 Å². The summed E-state index contributed by atoms with van der Waals surface area (Å²) in [6.07, 6.45) is 0.881.